The van der Waals surface area contributed by atoms with Crippen LogP contribution in [0, 0.1) is 0 Å². The van der Waals surface area contributed by atoms with Gasteiger partial charge in [0.05, 0.1) is 5.01 Å². The van der Waals surface area contributed by atoms with E-state index in [4.69, 9.17) is 5.73 Å². The molecule has 0 bridgehead atoms. The fourth-order valence-electron chi connectivity index (χ4n) is 0.753. The molecule has 0 saturated heterocycles. The van der Waals surface area contributed by atoms with Crippen LogP contribution in [0.15, 0.2) is 5.38 Å². The predicted molar refractivity (Wildman–Crippen MR) is 56.0 cm³/mol. The molecular formula is C9H16N2OS. The first kappa shape index (κ1) is 12.1. The average molecular weight is 200 g/mol. The molecule has 0 spiro atoms. The van der Waals surface area contributed by atoms with Gasteiger partial charge in [0, 0.05) is 5.38 Å². The molecule has 1 aromatic rings. The first-order valence-electron chi connectivity index (χ1n) is 4.48. The molecule has 0 aliphatic carbocycles. The smallest absolute Gasteiger partial charge is 0.268 e. The number of primary amides is 1. The van der Waals surface area contributed by atoms with Crippen LogP contribution in [-0.2, 0) is 6.42 Å². The van der Waals surface area contributed by atoms with Crippen LogP contribution in [0.2, 0.25) is 0 Å². The van der Waals surface area contributed by atoms with E-state index in [2.05, 4.69) is 11.9 Å². The molecule has 0 fully saturated rings. The monoisotopic (exact) mass is 200 g/mol. The molecule has 74 valence electrons. The van der Waals surface area contributed by atoms with Gasteiger partial charge in [-0.25, -0.2) is 4.98 Å². The van der Waals surface area contributed by atoms with Crippen molar-refractivity contribution in [3.8, 4) is 0 Å². The van der Waals surface area contributed by atoms with Crippen LogP contribution >= 0.6 is 11.3 Å². The highest BCUT2D eigenvalue weighted by molar-refractivity contribution is 7.09. The molecule has 0 aliphatic heterocycles. The summed E-state index contributed by atoms with van der Waals surface area (Å²) in [4.78, 5) is 14.6. The van der Waals surface area contributed by atoms with E-state index >= 15 is 0 Å². The molecule has 1 aromatic heterocycles. The zero-order valence-corrected chi connectivity index (χ0v) is 9.15. The van der Waals surface area contributed by atoms with Crippen molar-refractivity contribution < 1.29 is 4.79 Å². The van der Waals surface area contributed by atoms with Gasteiger partial charge in [-0.15, -0.1) is 11.3 Å². The van der Waals surface area contributed by atoms with Crippen LogP contribution in [0.5, 0.6) is 0 Å². The van der Waals surface area contributed by atoms with Gasteiger partial charge in [-0.1, -0.05) is 20.8 Å². The summed E-state index contributed by atoms with van der Waals surface area (Å²) in [6.45, 7) is 6.07. The van der Waals surface area contributed by atoms with E-state index in [1.54, 1.807) is 5.38 Å². The van der Waals surface area contributed by atoms with E-state index in [0.717, 1.165) is 17.8 Å². The summed E-state index contributed by atoms with van der Waals surface area (Å²) in [5.74, 6) is -0.441. The van der Waals surface area contributed by atoms with Gasteiger partial charge in [-0.05, 0) is 12.8 Å². The number of nitrogens with two attached hydrogens (primary N) is 1. The normalized spacial score (nSPS) is 8.85. The van der Waals surface area contributed by atoms with Crippen molar-refractivity contribution in [3.05, 3.63) is 16.1 Å². The zero-order chi connectivity index (χ0) is 10.3. The number of amides is 1. The minimum absolute atomic E-state index is 0.387. The summed E-state index contributed by atoms with van der Waals surface area (Å²) in [5, 5.41) is 2.69. The predicted octanol–water partition coefficient (Wildman–Crippen LogP) is 2.22. The Morgan fingerprint density at radius 3 is 2.62 bits per heavy atom. The van der Waals surface area contributed by atoms with Gasteiger partial charge in [-0.3, -0.25) is 4.79 Å². The molecule has 1 heterocycles. The average Bonchev–Trinajstić information content (AvgIpc) is 2.57. The number of nitrogens with zero attached hydrogens (tertiary/aromatic N) is 1. The molecule has 0 saturated carbocycles. The highest BCUT2D eigenvalue weighted by Crippen LogP contribution is 2.10. The molecular weight excluding hydrogens is 184 g/mol. The van der Waals surface area contributed by atoms with E-state index in [-0.39, 0.29) is 0 Å². The maximum Gasteiger partial charge on any atom is 0.268 e. The van der Waals surface area contributed by atoms with Crippen LogP contribution < -0.4 is 5.73 Å². The van der Waals surface area contributed by atoms with Crippen LogP contribution in [0.1, 0.15) is 42.7 Å². The summed E-state index contributed by atoms with van der Waals surface area (Å²) >= 11 is 1.49. The van der Waals surface area contributed by atoms with Crippen LogP contribution in [-0.4, -0.2) is 10.9 Å². The van der Waals surface area contributed by atoms with Crippen molar-refractivity contribution in [1.29, 1.82) is 0 Å². The quantitative estimate of drug-likeness (QED) is 0.813. The Balaban J connectivity index is 0.000000671. The fourth-order valence-corrected chi connectivity index (χ4v) is 1.64. The number of hydrogen-bond donors (Lipinski definition) is 1. The molecule has 13 heavy (non-hydrogen) atoms. The lowest BCUT2D eigenvalue weighted by atomic mass is 10.3. The van der Waals surface area contributed by atoms with Crippen LogP contribution in [0.25, 0.3) is 0 Å². The highest BCUT2D eigenvalue weighted by Gasteiger charge is 2.04. The van der Waals surface area contributed by atoms with E-state index in [1.807, 2.05) is 13.8 Å². The molecule has 1 amide bonds. The minimum atomic E-state index is -0.441. The van der Waals surface area contributed by atoms with Gasteiger partial charge in [0.15, 0.2) is 0 Å². The van der Waals surface area contributed by atoms with Crippen LogP contribution in [0.4, 0.5) is 0 Å². The molecule has 0 unspecified atom stereocenters. The van der Waals surface area contributed by atoms with Crippen molar-refractivity contribution in [2.75, 3.05) is 0 Å². The number of rotatable bonds is 3. The van der Waals surface area contributed by atoms with Gasteiger partial charge in [0.1, 0.15) is 5.69 Å². The van der Waals surface area contributed by atoms with E-state index in [1.165, 1.54) is 11.3 Å². The third-order valence-corrected chi connectivity index (χ3v) is 2.18. The maximum atomic E-state index is 10.6. The lowest BCUT2D eigenvalue weighted by molar-refractivity contribution is 0.0996. The van der Waals surface area contributed by atoms with E-state index < -0.39 is 5.91 Å². The summed E-state index contributed by atoms with van der Waals surface area (Å²) in [5.41, 5.74) is 5.42. The standard InChI is InChI=1S/C7H10N2OS.C2H6/c1-2-3-6-9-5(4-11-6)7(8)10;1-2/h4H,2-3H2,1H3,(H2,8,10);1-2H3. The molecule has 0 radical (unpaired) electrons. The Labute approximate surface area is 83.0 Å². The second kappa shape index (κ2) is 6.60. The van der Waals surface area contributed by atoms with Crippen molar-refractivity contribution in [2.24, 2.45) is 5.73 Å². The number of thiazole rings is 1. The molecule has 0 atom stereocenters. The van der Waals surface area contributed by atoms with Crippen molar-refractivity contribution in [3.63, 3.8) is 0 Å². The summed E-state index contributed by atoms with van der Waals surface area (Å²) in [7, 11) is 0. The lowest BCUT2D eigenvalue weighted by Gasteiger charge is -1.87. The lowest BCUT2D eigenvalue weighted by Crippen LogP contribution is -2.11. The fraction of sp³-hybridized carbons (Fsp3) is 0.556. The Morgan fingerprint density at radius 2 is 2.23 bits per heavy atom. The van der Waals surface area contributed by atoms with Crippen molar-refractivity contribution in [2.45, 2.75) is 33.6 Å². The molecule has 1 rings (SSSR count). The van der Waals surface area contributed by atoms with Gasteiger partial charge in [-0.2, -0.15) is 0 Å². The first-order valence-corrected chi connectivity index (χ1v) is 5.36. The van der Waals surface area contributed by atoms with Gasteiger partial charge in [0.25, 0.3) is 5.91 Å². The molecule has 4 heteroatoms. The maximum absolute atomic E-state index is 10.6. The number of carbonyl (C=O) groups is 1. The molecule has 0 aliphatic rings. The summed E-state index contributed by atoms with van der Waals surface area (Å²) in [6, 6.07) is 0. The number of carbonyl (C=O) groups excluding carboxylic acids is 1. The molecule has 2 N–H and O–H groups in total. The SMILES string of the molecule is CC.CCCc1nc(C(N)=O)cs1. The third kappa shape index (κ3) is 4.03. The van der Waals surface area contributed by atoms with Crippen molar-refractivity contribution >= 4 is 17.2 Å². The van der Waals surface area contributed by atoms with Crippen molar-refractivity contribution in [1.82, 2.24) is 4.98 Å². The Kier molecular flexibility index (Phi) is 6.14. The Morgan fingerprint density at radius 1 is 1.62 bits per heavy atom. The molecule has 3 nitrogen and oxygen atoms in total. The largest absolute Gasteiger partial charge is 0.364 e. The van der Waals surface area contributed by atoms with Crippen LogP contribution in [0.3, 0.4) is 0 Å². The second-order valence-corrected chi connectivity index (χ2v) is 3.18. The summed E-state index contributed by atoms with van der Waals surface area (Å²) in [6.07, 6.45) is 1.98. The van der Waals surface area contributed by atoms with E-state index in [9.17, 15) is 4.79 Å². The third-order valence-electron chi connectivity index (χ3n) is 1.27. The first-order chi connectivity index (χ1) is 6.24. The highest BCUT2D eigenvalue weighted by atomic mass is 32.1. The van der Waals surface area contributed by atoms with E-state index in [0.29, 0.717) is 5.69 Å². The Bertz CT molecular complexity index is 258. The second-order valence-electron chi connectivity index (χ2n) is 2.24. The number of aryl methyl sites for hydroxylation is 1. The topological polar surface area (TPSA) is 56.0 Å². The number of hydrogen-bond acceptors (Lipinski definition) is 3. The summed E-state index contributed by atoms with van der Waals surface area (Å²) < 4.78 is 0. The van der Waals surface area contributed by atoms with Gasteiger partial charge >= 0.3 is 0 Å². The van der Waals surface area contributed by atoms with Gasteiger partial charge in [0.2, 0.25) is 0 Å². The number of aromatic nitrogens is 1. The Hall–Kier alpha value is -0.900. The molecule has 0 aromatic carbocycles. The van der Waals surface area contributed by atoms with Gasteiger partial charge < -0.3 is 5.73 Å². The zero-order valence-electron chi connectivity index (χ0n) is 8.33. The minimum Gasteiger partial charge on any atom is -0.364 e.